The topological polar surface area (TPSA) is 73.4 Å². The largest absolute Gasteiger partial charge is 0.393 e. The molecule has 2 aliphatic rings. The van der Waals surface area contributed by atoms with E-state index in [1.54, 1.807) is 0 Å². The maximum Gasteiger partial charge on any atom is 0.211 e. The molecule has 4 N–H and O–H groups in total. The van der Waals surface area contributed by atoms with E-state index in [0.717, 1.165) is 43.7 Å². The molecule has 1 aromatic rings. The van der Waals surface area contributed by atoms with Gasteiger partial charge in [0.15, 0.2) is 0 Å². The van der Waals surface area contributed by atoms with Gasteiger partial charge in [-0.15, -0.1) is 0 Å². The maximum atomic E-state index is 10.6. The summed E-state index contributed by atoms with van der Waals surface area (Å²) in [4.78, 5) is 10.6. The maximum absolute atomic E-state index is 10.6. The van der Waals surface area contributed by atoms with Crippen LogP contribution in [0.1, 0.15) is 24.8 Å². The summed E-state index contributed by atoms with van der Waals surface area (Å²) in [5.41, 5.74) is 3.21. The van der Waals surface area contributed by atoms with Crippen LogP contribution in [0.4, 0.5) is 11.4 Å². The third-order valence-electron chi connectivity index (χ3n) is 5.28. The second-order valence-electron chi connectivity index (χ2n) is 6.76. The van der Waals surface area contributed by atoms with E-state index in [1.807, 2.05) is 19.2 Å². The Morgan fingerprint density at radius 3 is 2.95 bits per heavy atom. The molecule has 5 heteroatoms. The number of nitrogens with one attached hydrogen (secondary N) is 3. The van der Waals surface area contributed by atoms with Gasteiger partial charge in [0.05, 0.1) is 17.5 Å². The van der Waals surface area contributed by atoms with E-state index in [2.05, 4.69) is 22.0 Å². The second-order valence-corrected chi connectivity index (χ2v) is 6.76. The zero-order valence-corrected chi connectivity index (χ0v) is 13.1. The first-order valence-corrected chi connectivity index (χ1v) is 8.05. The van der Waals surface area contributed by atoms with Gasteiger partial charge in [-0.2, -0.15) is 0 Å². The van der Waals surface area contributed by atoms with Gasteiger partial charge >= 0.3 is 0 Å². The summed E-state index contributed by atoms with van der Waals surface area (Å²) in [6.07, 6.45) is 4.58. The van der Waals surface area contributed by atoms with E-state index in [4.69, 9.17) is 0 Å². The number of hydrogen-bond donors (Lipinski definition) is 4. The predicted molar refractivity (Wildman–Crippen MR) is 88.0 cm³/mol. The van der Waals surface area contributed by atoms with Gasteiger partial charge in [0.25, 0.3) is 0 Å². The van der Waals surface area contributed by atoms with Crippen LogP contribution < -0.4 is 16.0 Å². The Bertz CT molecular complexity index is 541. The molecular weight excluding hydrogens is 278 g/mol. The third-order valence-corrected chi connectivity index (χ3v) is 5.28. The summed E-state index contributed by atoms with van der Waals surface area (Å²) in [7, 11) is 1.85. The van der Waals surface area contributed by atoms with E-state index in [0.29, 0.717) is 17.7 Å². The zero-order chi connectivity index (χ0) is 15.6. The highest BCUT2D eigenvalue weighted by atomic mass is 16.3. The van der Waals surface area contributed by atoms with Crippen molar-refractivity contribution in [2.45, 2.75) is 31.8 Å². The van der Waals surface area contributed by atoms with Crippen LogP contribution in [0.3, 0.4) is 0 Å². The van der Waals surface area contributed by atoms with Crippen molar-refractivity contribution in [2.75, 3.05) is 30.8 Å². The minimum Gasteiger partial charge on any atom is -0.393 e. The first kappa shape index (κ1) is 15.3. The summed E-state index contributed by atoms with van der Waals surface area (Å²) in [6, 6.07) is 6.03. The molecule has 2 fully saturated rings. The monoisotopic (exact) mass is 303 g/mol. The number of rotatable bonds is 5. The number of aliphatic hydroxyl groups is 1. The molecule has 1 spiro atoms. The van der Waals surface area contributed by atoms with Crippen molar-refractivity contribution in [3.05, 3.63) is 23.8 Å². The predicted octanol–water partition coefficient (Wildman–Crippen LogP) is 1.59. The number of benzene rings is 1. The standard InChI is InChI=1S/C17H25N3O2/c1-18-15-7-12(2-3-14(15)20-11-21)6-13-8-17(9-16(13)22)4-5-19-10-17/h2-3,7,11,13,16,18-19,22H,4-6,8-10H2,1H3,(H,20,21). The Hall–Kier alpha value is -1.59. The van der Waals surface area contributed by atoms with Crippen molar-refractivity contribution in [1.82, 2.24) is 5.32 Å². The first-order valence-electron chi connectivity index (χ1n) is 8.05. The lowest BCUT2D eigenvalue weighted by Crippen LogP contribution is -2.21. The van der Waals surface area contributed by atoms with Crippen LogP contribution in [-0.2, 0) is 11.2 Å². The summed E-state index contributed by atoms with van der Waals surface area (Å²) < 4.78 is 0. The quantitative estimate of drug-likeness (QED) is 0.623. The van der Waals surface area contributed by atoms with Crippen LogP contribution in [0.5, 0.6) is 0 Å². The molecule has 0 radical (unpaired) electrons. The molecule has 1 heterocycles. The van der Waals surface area contributed by atoms with Gasteiger partial charge in [-0.1, -0.05) is 6.07 Å². The molecule has 1 aliphatic heterocycles. The van der Waals surface area contributed by atoms with Crippen molar-refractivity contribution in [3.8, 4) is 0 Å². The van der Waals surface area contributed by atoms with Gasteiger partial charge in [-0.05, 0) is 61.3 Å². The molecule has 1 amide bonds. The lowest BCUT2D eigenvalue weighted by Gasteiger charge is -2.21. The Kier molecular flexibility index (Phi) is 4.36. The number of amides is 1. The van der Waals surface area contributed by atoms with E-state index >= 15 is 0 Å². The molecule has 0 bridgehead atoms. The Morgan fingerprint density at radius 2 is 2.27 bits per heavy atom. The number of carbonyl (C=O) groups excluding carboxylic acids is 1. The average Bonchev–Trinajstić information content (AvgIpc) is 3.08. The fourth-order valence-corrected chi connectivity index (χ4v) is 4.16. The molecule has 22 heavy (non-hydrogen) atoms. The smallest absolute Gasteiger partial charge is 0.211 e. The molecule has 0 aromatic heterocycles. The van der Waals surface area contributed by atoms with Crippen LogP contribution in [-0.4, -0.2) is 37.8 Å². The molecule has 1 saturated carbocycles. The lowest BCUT2D eigenvalue weighted by molar-refractivity contribution is -0.105. The van der Waals surface area contributed by atoms with Crippen LogP contribution >= 0.6 is 0 Å². The van der Waals surface area contributed by atoms with Gasteiger partial charge in [0.1, 0.15) is 0 Å². The molecule has 1 saturated heterocycles. The fraction of sp³-hybridized carbons (Fsp3) is 0.588. The number of aliphatic hydroxyl groups excluding tert-OH is 1. The highest BCUT2D eigenvalue weighted by Crippen LogP contribution is 2.47. The van der Waals surface area contributed by atoms with E-state index in [1.165, 1.54) is 12.0 Å². The van der Waals surface area contributed by atoms with Gasteiger partial charge in [0, 0.05) is 13.6 Å². The zero-order valence-electron chi connectivity index (χ0n) is 13.1. The first-order chi connectivity index (χ1) is 10.7. The van der Waals surface area contributed by atoms with Crippen LogP contribution in [0, 0.1) is 11.3 Å². The van der Waals surface area contributed by atoms with Crippen molar-refractivity contribution in [1.29, 1.82) is 0 Å². The average molecular weight is 303 g/mol. The highest BCUT2D eigenvalue weighted by molar-refractivity contribution is 5.81. The van der Waals surface area contributed by atoms with E-state index in [9.17, 15) is 9.90 Å². The van der Waals surface area contributed by atoms with Crippen molar-refractivity contribution in [3.63, 3.8) is 0 Å². The number of anilines is 2. The fourth-order valence-electron chi connectivity index (χ4n) is 4.16. The van der Waals surface area contributed by atoms with Gasteiger partial charge in [-0.25, -0.2) is 0 Å². The van der Waals surface area contributed by atoms with Crippen molar-refractivity contribution >= 4 is 17.8 Å². The van der Waals surface area contributed by atoms with Gasteiger partial charge in [0.2, 0.25) is 6.41 Å². The molecule has 3 unspecified atom stereocenters. The van der Waals surface area contributed by atoms with Crippen molar-refractivity contribution in [2.24, 2.45) is 11.3 Å². The Labute approximate surface area is 131 Å². The third kappa shape index (κ3) is 2.96. The summed E-state index contributed by atoms with van der Waals surface area (Å²) in [6.45, 7) is 2.12. The molecule has 3 atom stereocenters. The molecule has 120 valence electrons. The summed E-state index contributed by atoms with van der Waals surface area (Å²) in [5.74, 6) is 0.328. The van der Waals surface area contributed by atoms with Gasteiger partial charge in [-0.3, -0.25) is 4.79 Å². The highest BCUT2D eigenvalue weighted by Gasteiger charge is 2.45. The second kappa shape index (κ2) is 6.26. The molecule has 1 aromatic carbocycles. The van der Waals surface area contributed by atoms with Crippen LogP contribution in [0.15, 0.2) is 18.2 Å². The lowest BCUT2D eigenvalue weighted by atomic mass is 9.84. The molecular formula is C17H25N3O2. The van der Waals surface area contributed by atoms with E-state index in [-0.39, 0.29) is 6.10 Å². The normalized spacial score (nSPS) is 30.6. The van der Waals surface area contributed by atoms with Crippen LogP contribution in [0.25, 0.3) is 0 Å². The van der Waals surface area contributed by atoms with Gasteiger partial charge < -0.3 is 21.1 Å². The number of carbonyl (C=O) groups is 1. The Balaban J connectivity index is 1.71. The minimum absolute atomic E-state index is 0.203. The van der Waals surface area contributed by atoms with Crippen LogP contribution in [0.2, 0.25) is 0 Å². The minimum atomic E-state index is -0.203. The molecule has 5 nitrogen and oxygen atoms in total. The Morgan fingerprint density at radius 1 is 1.41 bits per heavy atom. The summed E-state index contributed by atoms with van der Waals surface area (Å²) >= 11 is 0. The molecule has 1 aliphatic carbocycles. The SMILES string of the molecule is CNc1cc(CC2CC3(CCNC3)CC2O)ccc1NC=O. The van der Waals surface area contributed by atoms with E-state index < -0.39 is 0 Å². The van der Waals surface area contributed by atoms with Crippen molar-refractivity contribution < 1.29 is 9.90 Å². The molecule has 3 rings (SSSR count). The summed E-state index contributed by atoms with van der Waals surface area (Å²) in [5, 5.41) is 19.7. The number of hydrogen-bond acceptors (Lipinski definition) is 4.